The molecule has 112 valence electrons. The molecule has 1 heterocycles. The van der Waals surface area contributed by atoms with Gasteiger partial charge in [0.15, 0.2) is 0 Å². The Morgan fingerprint density at radius 2 is 2.19 bits per heavy atom. The number of rotatable bonds is 4. The summed E-state index contributed by atoms with van der Waals surface area (Å²) in [6.45, 7) is -1.21. The Balaban J connectivity index is 2.06. The van der Waals surface area contributed by atoms with Gasteiger partial charge >= 0.3 is 6.18 Å². The van der Waals surface area contributed by atoms with Gasteiger partial charge in [-0.1, -0.05) is 6.07 Å². The normalized spacial score (nSPS) is 11.2. The Labute approximate surface area is 118 Å². The van der Waals surface area contributed by atoms with Crippen LogP contribution in [0.2, 0.25) is 0 Å². The van der Waals surface area contributed by atoms with Crippen LogP contribution in [0.25, 0.3) is 0 Å². The number of nitrogens with zero attached hydrogens (tertiary/aromatic N) is 2. The summed E-state index contributed by atoms with van der Waals surface area (Å²) in [6.07, 6.45) is -2.09. The minimum Gasteiger partial charge on any atom is -0.497 e. The number of amides is 1. The van der Waals surface area contributed by atoms with Crippen molar-refractivity contribution < 1.29 is 22.7 Å². The number of hydrogen-bond acceptors (Lipinski definition) is 3. The van der Waals surface area contributed by atoms with Crippen molar-refractivity contribution in [3.63, 3.8) is 0 Å². The first-order chi connectivity index (χ1) is 9.87. The topological polar surface area (TPSA) is 56.1 Å². The number of hydrogen-bond donors (Lipinski definition) is 1. The number of nitrogens with one attached hydrogen (secondary N) is 1. The zero-order valence-corrected chi connectivity index (χ0v) is 11.0. The molecule has 2 aromatic rings. The minimum atomic E-state index is -4.36. The van der Waals surface area contributed by atoms with Crippen molar-refractivity contribution in [2.75, 3.05) is 12.4 Å². The molecule has 8 heteroatoms. The lowest BCUT2D eigenvalue weighted by molar-refractivity contribution is -0.142. The highest BCUT2D eigenvalue weighted by Crippen LogP contribution is 2.19. The molecule has 1 N–H and O–H groups in total. The molecule has 0 radical (unpaired) electrons. The minimum absolute atomic E-state index is 0.187. The van der Waals surface area contributed by atoms with Crippen LogP contribution < -0.4 is 10.1 Å². The predicted molar refractivity (Wildman–Crippen MR) is 69.2 cm³/mol. The number of benzene rings is 1. The lowest BCUT2D eigenvalue weighted by Gasteiger charge is -2.06. The van der Waals surface area contributed by atoms with Gasteiger partial charge in [-0.15, -0.1) is 0 Å². The highest BCUT2D eigenvalue weighted by molar-refractivity contribution is 6.04. The maximum absolute atomic E-state index is 12.2. The first kappa shape index (κ1) is 14.9. The number of carbonyl (C=O) groups excluding carboxylic acids is 1. The molecule has 1 aromatic carbocycles. The number of ether oxygens (including phenoxy) is 1. The SMILES string of the molecule is COc1cccc(C(=O)Nc2cnn(CC(F)(F)F)c2)c1. The average molecular weight is 299 g/mol. The molecular weight excluding hydrogens is 287 g/mol. The second kappa shape index (κ2) is 5.86. The van der Waals surface area contributed by atoms with Gasteiger partial charge < -0.3 is 10.1 Å². The number of anilines is 1. The van der Waals surface area contributed by atoms with Crippen molar-refractivity contribution in [3.8, 4) is 5.75 Å². The van der Waals surface area contributed by atoms with E-state index in [1.54, 1.807) is 18.2 Å². The maximum atomic E-state index is 12.2. The van der Waals surface area contributed by atoms with Crippen LogP contribution in [0.3, 0.4) is 0 Å². The van der Waals surface area contributed by atoms with Crippen LogP contribution in [0.5, 0.6) is 5.75 Å². The van der Waals surface area contributed by atoms with Crippen molar-refractivity contribution >= 4 is 11.6 Å². The van der Waals surface area contributed by atoms with Gasteiger partial charge in [-0.2, -0.15) is 18.3 Å². The molecule has 21 heavy (non-hydrogen) atoms. The van der Waals surface area contributed by atoms with Crippen LogP contribution in [-0.4, -0.2) is 29.0 Å². The van der Waals surface area contributed by atoms with Gasteiger partial charge in [-0.3, -0.25) is 9.48 Å². The molecule has 0 aliphatic carbocycles. The number of methoxy groups -OCH3 is 1. The third kappa shape index (κ3) is 4.23. The summed E-state index contributed by atoms with van der Waals surface area (Å²) in [4.78, 5) is 12.0. The van der Waals surface area contributed by atoms with Crippen molar-refractivity contribution in [2.24, 2.45) is 0 Å². The Hall–Kier alpha value is -2.51. The van der Waals surface area contributed by atoms with Crippen LogP contribution in [0.4, 0.5) is 18.9 Å². The molecule has 0 saturated carbocycles. The van der Waals surface area contributed by atoms with E-state index >= 15 is 0 Å². The number of aromatic nitrogens is 2. The molecule has 0 aliphatic rings. The second-order valence-electron chi connectivity index (χ2n) is 4.23. The third-order valence-electron chi connectivity index (χ3n) is 2.56. The molecule has 1 aromatic heterocycles. The quantitative estimate of drug-likeness (QED) is 0.944. The number of carbonyl (C=O) groups is 1. The maximum Gasteiger partial charge on any atom is 0.408 e. The lowest BCUT2D eigenvalue weighted by Crippen LogP contribution is -2.18. The monoisotopic (exact) mass is 299 g/mol. The Kier molecular flexibility index (Phi) is 4.15. The fourth-order valence-corrected chi connectivity index (χ4v) is 1.67. The summed E-state index contributed by atoms with van der Waals surface area (Å²) in [6, 6.07) is 6.41. The molecule has 1 amide bonds. The third-order valence-corrected chi connectivity index (χ3v) is 2.56. The van der Waals surface area contributed by atoms with E-state index in [0.29, 0.717) is 16.0 Å². The fraction of sp³-hybridized carbons (Fsp3) is 0.231. The Bertz CT molecular complexity index is 638. The summed E-state index contributed by atoms with van der Waals surface area (Å²) in [5, 5.41) is 6.01. The van der Waals surface area contributed by atoms with Crippen molar-refractivity contribution in [1.82, 2.24) is 9.78 Å². The summed E-state index contributed by atoms with van der Waals surface area (Å²) in [5.41, 5.74) is 0.519. The standard InChI is InChI=1S/C13H12F3N3O2/c1-21-11-4-2-3-9(5-11)12(20)18-10-6-17-19(7-10)8-13(14,15)16/h2-7H,8H2,1H3,(H,18,20). The molecule has 0 spiro atoms. The van der Waals surface area contributed by atoms with E-state index < -0.39 is 18.6 Å². The van der Waals surface area contributed by atoms with E-state index in [9.17, 15) is 18.0 Å². The molecule has 0 aliphatic heterocycles. The van der Waals surface area contributed by atoms with Gasteiger partial charge in [0.1, 0.15) is 12.3 Å². The molecule has 0 bridgehead atoms. The first-order valence-corrected chi connectivity index (χ1v) is 5.92. The van der Waals surface area contributed by atoms with Crippen LogP contribution >= 0.6 is 0 Å². The van der Waals surface area contributed by atoms with E-state index in [2.05, 4.69) is 10.4 Å². The van der Waals surface area contributed by atoms with Crippen LogP contribution in [0.15, 0.2) is 36.7 Å². The summed E-state index contributed by atoms with van der Waals surface area (Å²) in [5.74, 6) is 0.0517. The van der Waals surface area contributed by atoms with Gasteiger partial charge in [-0.05, 0) is 18.2 Å². The van der Waals surface area contributed by atoms with Gasteiger partial charge in [0.2, 0.25) is 0 Å². The first-order valence-electron chi connectivity index (χ1n) is 5.92. The Morgan fingerprint density at radius 3 is 2.86 bits per heavy atom. The summed E-state index contributed by atoms with van der Waals surface area (Å²) in [7, 11) is 1.47. The van der Waals surface area contributed by atoms with Crippen LogP contribution in [-0.2, 0) is 6.54 Å². The largest absolute Gasteiger partial charge is 0.497 e. The molecule has 0 atom stereocenters. The zero-order valence-electron chi connectivity index (χ0n) is 11.0. The fourth-order valence-electron chi connectivity index (χ4n) is 1.67. The van der Waals surface area contributed by atoms with E-state index in [1.807, 2.05) is 0 Å². The predicted octanol–water partition coefficient (Wildman–Crippen LogP) is 2.71. The molecule has 0 unspecified atom stereocenters. The molecular formula is C13H12F3N3O2. The van der Waals surface area contributed by atoms with Gasteiger partial charge in [0.25, 0.3) is 5.91 Å². The summed E-state index contributed by atoms with van der Waals surface area (Å²) >= 11 is 0. The smallest absolute Gasteiger partial charge is 0.408 e. The van der Waals surface area contributed by atoms with Gasteiger partial charge in [-0.25, -0.2) is 0 Å². The lowest BCUT2D eigenvalue weighted by atomic mass is 10.2. The molecule has 5 nitrogen and oxygen atoms in total. The summed E-state index contributed by atoms with van der Waals surface area (Å²) < 4.78 is 42.3. The highest BCUT2D eigenvalue weighted by atomic mass is 19.4. The highest BCUT2D eigenvalue weighted by Gasteiger charge is 2.28. The number of alkyl halides is 3. The van der Waals surface area contributed by atoms with Crippen molar-refractivity contribution in [3.05, 3.63) is 42.2 Å². The van der Waals surface area contributed by atoms with Gasteiger partial charge in [0.05, 0.1) is 19.0 Å². The molecule has 2 rings (SSSR count). The number of halogens is 3. The van der Waals surface area contributed by atoms with Crippen molar-refractivity contribution in [2.45, 2.75) is 12.7 Å². The van der Waals surface area contributed by atoms with E-state index in [-0.39, 0.29) is 5.69 Å². The molecule has 0 saturated heterocycles. The van der Waals surface area contributed by atoms with E-state index in [0.717, 1.165) is 12.4 Å². The van der Waals surface area contributed by atoms with E-state index in [4.69, 9.17) is 4.74 Å². The van der Waals surface area contributed by atoms with E-state index in [1.165, 1.54) is 13.2 Å². The van der Waals surface area contributed by atoms with Gasteiger partial charge in [0, 0.05) is 11.8 Å². The molecule has 0 fully saturated rings. The average Bonchev–Trinajstić information content (AvgIpc) is 2.83. The second-order valence-corrected chi connectivity index (χ2v) is 4.23. The van der Waals surface area contributed by atoms with Crippen molar-refractivity contribution in [1.29, 1.82) is 0 Å². The van der Waals surface area contributed by atoms with Crippen LogP contribution in [0.1, 0.15) is 10.4 Å². The van der Waals surface area contributed by atoms with Crippen LogP contribution in [0, 0.1) is 0 Å². The zero-order chi connectivity index (χ0) is 15.5. The Morgan fingerprint density at radius 1 is 1.43 bits per heavy atom.